The van der Waals surface area contributed by atoms with Gasteiger partial charge in [0.1, 0.15) is 5.75 Å². The van der Waals surface area contributed by atoms with Gasteiger partial charge in [-0.2, -0.15) is 0 Å². The van der Waals surface area contributed by atoms with Crippen molar-refractivity contribution < 1.29 is 9.53 Å². The van der Waals surface area contributed by atoms with Crippen molar-refractivity contribution in [3.8, 4) is 5.75 Å². The number of carbonyl (C=O) groups excluding carboxylic acids is 1. The van der Waals surface area contributed by atoms with Crippen LogP contribution in [0.2, 0.25) is 0 Å². The predicted molar refractivity (Wildman–Crippen MR) is 86.6 cm³/mol. The number of nitrogens with two attached hydrogens (primary N) is 1. The summed E-state index contributed by atoms with van der Waals surface area (Å²) in [6, 6.07) is 4.38. The van der Waals surface area contributed by atoms with Crippen LogP contribution in [-0.4, -0.2) is 24.1 Å². The van der Waals surface area contributed by atoms with Gasteiger partial charge in [0.25, 0.3) is 0 Å². The molecule has 0 radical (unpaired) electrons. The molecule has 4 nitrogen and oxygen atoms in total. The Hall–Kier alpha value is -1.55. The summed E-state index contributed by atoms with van der Waals surface area (Å²) in [6.45, 7) is 12.4. The van der Waals surface area contributed by atoms with Crippen molar-refractivity contribution in [3.05, 3.63) is 28.8 Å². The molecule has 0 fully saturated rings. The molecule has 0 aliphatic rings. The number of amides is 1. The van der Waals surface area contributed by atoms with E-state index in [9.17, 15) is 4.79 Å². The summed E-state index contributed by atoms with van der Waals surface area (Å²) < 4.78 is 5.90. The molecule has 1 aromatic rings. The molecule has 4 heteroatoms. The van der Waals surface area contributed by atoms with Crippen LogP contribution in [0.5, 0.6) is 5.75 Å². The fourth-order valence-electron chi connectivity index (χ4n) is 2.66. The zero-order chi connectivity index (χ0) is 16.2. The van der Waals surface area contributed by atoms with Gasteiger partial charge in [-0.1, -0.05) is 17.7 Å². The Balaban J connectivity index is 2.73. The van der Waals surface area contributed by atoms with Crippen molar-refractivity contribution in [2.45, 2.75) is 59.5 Å². The molecule has 1 unspecified atom stereocenters. The zero-order valence-electron chi connectivity index (χ0n) is 14.0. The topological polar surface area (TPSA) is 64.3 Å². The summed E-state index contributed by atoms with van der Waals surface area (Å²) in [7, 11) is 0. The van der Waals surface area contributed by atoms with E-state index in [1.165, 1.54) is 5.56 Å². The molecule has 1 amide bonds. The van der Waals surface area contributed by atoms with Crippen LogP contribution >= 0.6 is 0 Å². The second-order valence-corrected chi connectivity index (χ2v) is 6.32. The molecule has 0 saturated heterocycles. The van der Waals surface area contributed by atoms with Gasteiger partial charge >= 0.3 is 0 Å². The van der Waals surface area contributed by atoms with E-state index in [2.05, 4.69) is 24.4 Å². The average molecular weight is 292 g/mol. The normalized spacial score (nSPS) is 14.0. The summed E-state index contributed by atoms with van der Waals surface area (Å²) >= 11 is 0. The van der Waals surface area contributed by atoms with Crippen LogP contribution in [0.1, 0.15) is 43.9 Å². The Morgan fingerprint density at radius 1 is 1.29 bits per heavy atom. The lowest BCUT2D eigenvalue weighted by atomic mass is 9.96. The summed E-state index contributed by atoms with van der Waals surface area (Å²) in [5.41, 5.74) is 8.23. The molecule has 118 valence electrons. The Morgan fingerprint density at radius 2 is 1.81 bits per heavy atom. The number of ether oxygens (including phenoxy) is 1. The molecule has 3 N–H and O–H groups in total. The fourth-order valence-corrected chi connectivity index (χ4v) is 2.66. The van der Waals surface area contributed by atoms with E-state index in [4.69, 9.17) is 10.5 Å². The van der Waals surface area contributed by atoms with E-state index in [1.807, 2.05) is 34.6 Å². The van der Waals surface area contributed by atoms with E-state index in [0.717, 1.165) is 16.9 Å². The van der Waals surface area contributed by atoms with Gasteiger partial charge in [-0.15, -0.1) is 0 Å². The molecule has 1 atom stereocenters. The average Bonchev–Trinajstić information content (AvgIpc) is 2.31. The third-order valence-corrected chi connectivity index (χ3v) is 3.60. The van der Waals surface area contributed by atoms with Gasteiger partial charge in [-0.25, -0.2) is 0 Å². The number of carbonyl (C=O) groups is 1. The Kier molecular flexibility index (Phi) is 5.78. The molecule has 0 saturated carbocycles. The minimum Gasteiger partial charge on any atom is -0.493 e. The Bertz CT molecular complexity index is 489. The first-order valence-electron chi connectivity index (χ1n) is 7.44. The van der Waals surface area contributed by atoms with Crippen molar-refractivity contribution in [1.82, 2.24) is 5.32 Å². The molecule has 0 aliphatic heterocycles. The van der Waals surface area contributed by atoms with E-state index in [1.54, 1.807) is 0 Å². The van der Waals surface area contributed by atoms with Gasteiger partial charge in [0.05, 0.1) is 12.1 Å². The van der Waals surface area contributed by atoms with Crippen LogP contribution in [0.15, 0.2) is 12.1 Å². The number of nitrogens with one attached hydrogen (secondary N) is 1. The zero-order valence-corrected chi connectivity index (χ0v) is 14.0. The second-order valence-electron chi connectivity index (χ2n) is 6.32. The highest BCUT2D eigenvalue weighted by molar-refractivity contribution is 5.84. The number of hydrogen-bond donors (Lipinski definition) is 2. The van der Waals surface area contributed by atoms with Crippen molar-refractivity contribution in [3.63, 3.8) is 0 Å². The largest absolute Gasteiger partial charge is 0.493 e. The highest BCUT2D eigenvalue weighted by Crippen LogP contribution is 2.25. The maximum atomic E-state index is 11.7. The molecule has 0 aliphatic carbocycles. The summed E-state index contributed by atoms with van der Waals surface area (Å²) in [6.07, 6.45) is 0.535. The fraction of sp³-hybridized carbons (Fsp3) is 0.588. The SMILES string of the molecule is Cc1cc(C)c(OCCC(C)(NC(C)C)C(N)=O)c(C)c1. The number of hydrogen-bond acceptors (Lipinski definition) is 3. The van der Waals surface area contributed by atoms with Crippen molar-refractivity contribution in [1.29, 1.82) is 0 Å². The van der Waals surface area contributed by atoms with Gasteiger partial charge in [-0.05, 0) is 52.7 Å². The first-order valence-corrected chi connectivity index (χ1v) is 7.44. The quantitative estimate of drug-likeness (QED) is 0.812. The second kappa shape index (κ2) is 6.94. The number of rotatable bonds is 7. The summed E-state index contributed by atoms with van der Waals surface area (Å²) in [5.74, 6) is 0.550. The highest BCUT2D eigenvalue weighted by atomic mass is 16.5. The van der Waals surface area contributed by atoms with Crippen LogP contribution < -0.4 is 15.8 Å². The van der Waals surface area contributed by atoms with Gasteiger partial charge in [0.2, 0.25) is 5.91 Å². The van der Waals surface area contributed by atoms with Gasteiger partial charge < -0.3 is 15.8 Å². The summed E-state index contributed by atoms with van der Waals surface area (Å²) in [4.78, 5) is 11.7. The maximum Gasteiger partial charge on any atom is 0.237 e. The minimum absolute atomic E-state index is 0.186. The van der Waals surface area contributed by atoms with Gasteiger partial charge in [0, 0.05) is 12.5 Å². The first-order chi connectivity index (χ1) is 9.65. The van der Waals surface area contributed by atoms with E-state index >= 15 is 0 Å². The standard InChI is InChI=1S/C17H28N2O2/c1-11(2)19-17(6,16(18)20)7-8-21-15-13(4)9-12(3)10-14(15)5/h9-11,19H,7-8H2,1-6H3,(H2,18,20). The molecule has 0 aromatic heterocycles. The number of benzene rings is 1. The molecule has 0 heterocycles. The first kappa shape index (κ1) is 17.5. The van der Waals surface area contributed by atoms with E-state index in [-0.39, 0.29) is 11.9 Å². The maximum absolute atomic E-state index is 11.7. The van der Waals surface area contributed by atoms with Crippen LogP contribution in [0.4, 0.5) is 0 Å². The van der Waals surface area contributed by atoms with Crippen molar-refractivity contribution in [2.24, 2.45) is 5.73 Å². The monoisotopic (exact) mass is 292 g/mol. The molecule has 0 bridgehead atoms. The smallest absolute Gasteiger partial charge is 0.237 e. The lowest BCUT2D eigenvalue weighted by molar-refractivity contribution is -0.124. The Morgan fingerprint density at radius 3 is 2.24 bits per heavy atom. The molecular weight excluding hydrogens is 264 g/mol. The van der Waals surface area contributed by atoms with Crippen LogP contribution in [0.25, 0.3) is 0 Å². The van der Waals surface area contributed by atoms with Crippen LogP contribution in [-0.2, 0) is 4.79 Å². The van der Waals surface area contributed by atoms with Crippen molar-refractivity contribution in [2.75, 3.05) is 6.61 Å². The Labute approximate surface area is 128 Å². The van der Waals surface area contributed by atoms with Crippen LogP contribution in [0, 0.1) is 20.8 Å². The summed E-state index contributed by atoms with van der Waals surface area (Å²) in [5, 5.41) is 3.23. The molecule has 21 heavy (non-hydrogen) atoms. The molecular formula is C17H28N2O2. The lowest BCUT2D eigenvalue weighted by Gasteiger charge is -2.30. The van der Waals surface area contributed by atoms with E-state index in [0.29, 0.717) is 13.0 Å². The molecule has 1 rings (SSSR count). The lowest BCUT2D eigenvalue weighted by Crippen LogP contribution is -2.56. The van der Waals surface area contributed by atoms with E-state index < -0.39 is 5.54 Å². The van der Waals surface area contributed by atoms with Gasteiger partial charge in [-0.3, -0.25) is 4.79 Å². The van der Waals surface area contributed by atoms with Crippen LogP contribution in [0.3, 0.4) is 0 Å². The van der Waals surface area contributed by atoms with Crippen molar-refractivity contribution >= 4 is 5.91 Å². The third kappa shape index (κ3) is 4.74. The molecule has 0 spiro atoms. The van der Waals surface area contributed by atoms with Gasteiger partial charge in [0.15, 0.2) is 0 Å². The number of primary amides is 1. The number of aryl methyl sites for hydroxylation is 3. The predicted octanol–water partition coefficient (Wildman–Crippen LogP) is 2.62. The third-order valence-electron chi connectivity index (χ3n) is 3.60. The highest BCUT2D eigenvalue weighted by Gasteiger charge is 2.31. The molecule has 1 aromatic carbocycles. The minimum atomic E-state index is -0.749.